The lowest BCUT2D eigenvalue weighted by molar-refractivity contribution is 0.980. The van der Waals surface area contributed by atoms with Crippen molar-refractivity contribution in [1.82, 2.24) is 15.2 Å². The molecule has 0 radical (unpaired) electrons. The molecular formula is C10H10N4. The minimum atomic E-state index is 0.648. The molecule has 2 aromatic rings. The lowest BCUT2D eigenvalue weighted by atomic mass is 10.2. The molecule has 0 aliphatic heterocycles. The number of nitrogens with zero attached hydrogens (tertiary/aromatic N) is 3. The standard InChI is InChI=1S/C10H10N4/c1-11-9-4-2-8(3-5-9)10-12-6-7-13-14-10/h2-7,11H,1H3. The lowest BCUT2D eigenvalue weighted by Gasteiger charge is -2.01. The Kier molecular flexibility index (Phi) is 2.36. The van der Waals surface area contributed by atoms with E-state index >= 15 is 0 Å². The van der Waals surface area contributed by atoms with Crippen molar-refractivity contribution in [3.05, 3.63) is 36.7 Å². The average Bonchev–Trinajstić information content (AvgIpc) is 2.30. The fourth-order valence-corrected chi connectivity index (χ4v) is 1.17. The summed E-state index contributed by atoms with van der Waals surface area (Å²) in [6.45, 7) is 0. The van der Waals surface area contributed by atoms with Crippen LogP contribution < -0.4 is 5.32 Å². The molecule has 2 rings (SSSR count). The second-order valence-electron chi connectivity index (χ2n) is 2.79. The van der Waals surface area contributed by atoms with Gasteiger partial charge in [0.1, 0.15) is 0 Å². The zero-order valence-electron chi connectivity index (χ0n) is 7.81. The largest absolute Gasteiger partial charge is 0.388 e. The fourth-order valence-electron chi connectivity index (χ4n) is 1.17. The van der Waals surface area contributed by atoms with Crippen LogP contribution in [0.5, 0.6) is 0 Å². The molecule has 0 aliphatic rings. The first-order chi connectivity index (χ1) is 6.90. The number of nitrogens with one attached hydrogen (secondary N) is 1. The molecule has 0 spiro atoms. The Morgan fingerprint density at radius 3 is 2.43 bits per heavy atom. The second kappa shape index (κ2) is 3.83. The molecule has 1 aromatic carbocycles. The Labute approximate surface area is 82.0 Å². The Balaban J connectivity index is 2.34. The summed E-state index contributed by atoms with van der Waals surface area (Å²) in [5.74, 6) is 0.648. The molecule has 70 valence electrons. The molecule has 0 saturated carbocycles. The molecule has 1 aromatic heterocycles. The van der Waals surface area contributed by atoms with Gasteiger partial charge in [-0.15, -0.1) is 5.10 Å². The van der Waals surface area contributed by atoms with Crippen LogP contribution in [-0.4, -0.2) is 22.2 Å². The van der Waals surface area contributed by atoms with Gasteiger partial charge in [0, 0.05) is 24.5 Å². The minimum absolute atomic E-state index is 0.648. The van der Waals surface area contributed by atoms with Crippen LogP contribution in [0, 0.1) is 0 Å². The molecule has 0 unspecified atom stereocenters. The summed E-state index contributed by atoms with van der Waals surface area (Å²) in [5.41, 5.74) is 2.04. The van der Waals surface area contributed by atoms with E-state index in [0.717, 1.165) is 11.3 Å². The third-order valence-corrected chi connectivity index (χ3v) is 1.91. The smallest absolute Gasteiger partial charge is 0.181 e. The number of anilines is 1. The molecule has 0 amide bonds. The number of aromatic nitrogens is 3. The maximum Gasteiger partial charge on any atom is 0.181 e. The summed E-state index contributed by atoms with van der Waals surface area (Å²) >= 11 is 0. The quantitative estimate of drug-likeness (QED) is 0.773. The van der Waals surface area contributed by atoms with Gasteiger partial charge < -0.3 is 5.32 Å². The fraction of sp³-hybridized carbons (Fsp3) is 0.100. The van der Waals surface area contributed by atoms with E-state index < -0.39 is 0 Å². The number of hydrogen-bond acceptors (Lipinski definition) is 4. The molecule has 0 saturated heterocycles. The first-order valence-corrected chi connectivity index (χ1v) is 4.32. The van der Waals surface area contributed by atoms with Gasteiger partial charge >= 0.3 is 0 Å². The van der Waals surface area contributed by atoms with Crippen LogP contribution in [0.3, 0.4) is 0 Å². The molecule has 14 heavy (non-hydrogen) atoms. The first kappa shape index (κ1) is 8.62. The van der Waals surface area contributed by atoms with Gasteiger partial charge in [0.15, 0.2) is 5.82 Å². The number of hydrogen-bond donors (Lipinski definition) is 1. The van der Waals surface area contributed by atoms with Crippen molar-refractivity contribution in [3.63, 3.8) is 0 Å². The molecule has 0 aliphatic carbocycles. The van der Waals surface area contributed by atoms with Crippen LogP contribution in [0.1, 0.15) is 0 Å². The third kappa shape index (κ3) is 1.69. The van der Waals surface area contributed by atoms with E-state index in [1.165, 1.54) is 0 Å². The zero-order valence-corrected chi connectivity index (χ0v) is 7.81. The average molecular weight is 186 g/mol. The highest BCUT2D eigenvalue weighted by Gasteiger charge is 1.99. The van der Waals surface area contributed by atoms with Crippen LogP contribution in [-0.2, 0) is 0 Å². The first-order valence-electron chi connectivity index (χ1n) is 4.32. The van der Waals surface area contributed by atoms with Gasteiger partial charge in [-0.3, -0.25) is 0 Å². The topological polar surface area (TPSA) is 50.7 Å². The van der Waals surface area contributed by atoms with Crippen molar-refractivity contribution in [2.75, 3.05) is 12.4 Å². The van der Waals surface area contributed by atoms with Gasteiger partial charge in [0.25, 0.3) is 0 Å². The lowest BCUT2D eigenvalue weighted by Crippen LogP contribution is -1.91. The predicted octanol–water partition coefficient (Wildman–Crippen LogP) is 1.58. The van der Waals surface area contributed by atoms with E-state index in [-0.39, 0.29) is 0 Å². The molecule has 0 atom stereocenters. The van der Waals surface area contributed by atoms with Crippen molar-refractivity contribution in [2.45, 2.75) is 0 Å². The maximum absolute atomic E-state index is 4.11. The number of benzene rings is 1. The molecule has 0 bridgehead atoms. The third-order valence-electron chi connectivity index (χ3n) is 1.91. The van der Waals surface area contributed by atoms with Crippen molar-refractivity contribution >= 4 is 5.69 Å². The Morgan fingerprint density at radius 1 is 1.07 bits per heavy atom. The van der Waals surface area contributed by atoms with Crippen molar-refractivity contribution in [3.8, 4) is 11.4 Å². The van der Waals surface area contributed by atoms with Gasteiger partial charge in [-0.1, -0.05) is 0 Å². The van der Waals surface area contributed by atoms with E-state index in [4.69, 9.17) is 0 Å². The summed E-state index contributed by atoms with van der Waals surface area (Å²) in [6.07, 6.45) is 3.19. The van der Waals surface area contributed by atoms with E-state index in [9.17, 15) is 0 Å². The highest BCUT2D eigenvalue weighted by Crippen LogP contribution is 2.16. The van der Waals surface area contributed by atoms with Crippen LogP contribution in [0.2, 0.25) is 0 Å². The van der Waals surface area contributed by atoms with Crippen molar-refractivity contribution in [2.24, 2.45) is 0 Å². The van der Waals surface area contributed by atoms with Crippen LogP contribution in [0.25, 0.3) is 11.4 Å². The van der Waals surface area contributed by atoms with Crippen LogP contribution in [0.4, 0.5) is 5.69 Å². The highest BCUT2D eigenvalue weighted by atomic mass is 15.1. The maximum atomic E-state index is 4.11. The predicted molar refractivity (Wildman–Crippen MR) is 54.8 cm³/mol. The van der Waals surface area contributed by atoms with Crippen LogP contribution >= 0.6 is 0 Å². The van der Waals surface area contributed by atoms with E-state index in [1.807, 2.05) is 31.3 Å². The summed E-state index contributed by atoms with van der Waals surface area (Å²) < 4.78 is 0. The summed E-state index contributed by atoms with van der Waals surface area (Å²) in [5, 5.41) is 10.7. The molecule has 0 fully saturated rings. The van der Waals surface area contributed by atoms with E-state index in [1.54, 1.807) is 12.4 Å². The van der Waals surface area contributed by atoms with Gasteiger partial charge in [0.2, 0.25) is 0 Å². The van der Waals surface area contributed by atoms with Gasteiger partial charge in [-0.05, 0) is 24.3 Å². The van der Waals surface area contributed by atoms with Crippen molar-refractivity contribution in [1.29, 1.82) is 0 Å². The van der Waals surface area contributed by atoms with E-state index in [0.29, 0.717) is 5.82 Å². The SMILES string of the molecule is CNc1ccc(-c2nccnn2)cc1. The second-order valence-corrected chi connectivity index (χ2v) is 2.79. The molecule has 1 heterocycles. The minimum Gasteiger partial charge on any atom is -0.388 e. The number of rotatable bonds is 2. The van der Waals surface area contributed by atoms with Gasteiger partial charge in [-0.2, -0.15) is 5.10 Å². The Morgan fingerprint density at radius 2 is 1.86 bits per heavy atom. The van der Waals surface area contributed by atoms with Crippen molar-refractivity contribution < 1.29 is 0 Å². The zero-order chi connectivity index (χ0) is 9.80. The molecule has 4 heteroatoms. The molecule has 1 N–H and O–H groups in total. The Bertz CT molecular complexity index is 396. The highest BCUT2D eigenvalue weighted by molar-refractivity contribution is 5.58. The van der Waals surface area contributed by atoms with Gasteiger partial charge in [-0.25, -0.2) is 4.98 Å². The summed E-state index contributed by atoms with van der Waals surface area (Å²) in [6, 6.07) is 7.88. The normalized spacial score (nSPS) is 9.79. The molecular weight excluding hydrogens is 176 g/mol. The van der Waals surface area contributed by atoms with Crippen LogP contribution in [0.15, 0.2) is 36.7 Å². The van der Waals surface area contributed by atoms with Gasteiger partial charge in [0.05, 0.1) is 6.20 Å². The Hall–Kier alpha value is -1.97. The monoisotopic (exact) mass is 186 g/mol. The summed E-state index contributed by atoms with van der Waals surface area (Å²) in [7, 11) is 1.88. The summed E-state index contributed by atoms with van der Waals surface area (Å²) in [4.78, 5) is 4.11. The molecule has 4 nitrogen and oxygen atoms in total. The van der Waals surface area contributed by atoms with E-state index in [2.05, 4.69) is 20.5 Å².